The van der Waals surface area contributed by atoms with Crippen molar-refractivity contribution < 1.29 is 0 Å². The zero-order valence-electron chi connectivity index (χ0n) is 14.3. The Labute approximate surface area is 175 Å². The number of fused-ring (bicyclic) bond motifs is 5. The maximum atomic E-state index is 13.2. The van der Waals surface area contributed by atoms with Gasteiger partial charge in [0.2, 0.25) is 10.9 Å². The van der Waals surface area contributed by atoms with E-state index >= 15 is 0 Å². The summed E-state index contributed by atoms with van der Waals surface area (Å²) in [5.74, 6) is 0. The highest BCUT2D eigenvalue weighted by atomic mass is 79.9. The first kappa shape index (κ1) is 16.4. The maximum Gasteiger partial charge on any atom is 0.241 e. The Morgan fingerprint density at radius 2 is 1.21 bits per heavy atom. The van der Waals surface area contributed by atoms with Crippen LogP contribution in [0.3, 0.4) is 0 Å². The summed E-state index contributed by atoms with van der Waals surface area (Å²) in [5, 5.41) is 9.53. The number of halogens is 2. The summed E-state index contributed by atoms with van der Waals surface area (Å²) in [6.07, 6.45) is 0. The molecule has 0 amide bonds. The molecule has 0 heterocycles. The maximum absolute atomic E-state index is 13.2. The third-order valence-corrected chi connectivity index (χ3v) is 7.76. The minimum atomic E-state index is -0.515. The fraction of sp³-hybridized carbons (Fsp3) is 0. The average Bonchev–Trinajstić information content (AvgIpc) is 2.73. The van der Waals surface area contributed by atoms with Gasteiger partial charge < -0.3 is 0 Å². The van der Waals surface area contributed by atoms with Gasteiger partial charge in [-0.3, -0.25) is 9.59 Å². The van der Waals surface area contributed by atoms with Crippen molar-refractivity contribution in [3.8, 4) is 0 Å². The molecule has 0 N–H and O–H groups in total. The van der Waals surface area contributed by atoms with E-state index in [0.717, 1.165) is 48.5 Å². The smallest absolute Gasteiger partial charge is 0.241 e. The Morgan fingerprint density at radius 1 is 0.500 bits per heavy atom. The van der Waals surface area contributed by atoms with E-state index in [1.54, 1.807) is 0 Å². The van der Waals surface area contributed by atoms with Crippen molar-refractivity contribution in [3.05, 3.63) is 90.1 Å². The monoisotopic (exact) mass is 488 g/mol. The lowest BCUT2D eigenvalue weighted by molar-refractivity contribution is 1.48. The molecule has 28 heavy (non-hydrogen) atoms. The van der Waals surface area contributed by atoms with E-state index in [1.165, 1.54) is 0 Å². The quantitative estimate of drug-likeness (QED) is 0.137. The lowest BCUT2D eigenvalue weighted by Gasteiger charge is -2.17. The fourth-order valence-corrected chi connectivity index (χ4v) is 5.51. The van der Waals surface area contributed by atoms with Crippen LogP contribution in [0.1, 0.15) is 0 Å². The second-order valence-electron chi connectivity index (χ2n) is 7.08. The van der Waals surface area contributed by atoms with Gasteiger partial charge in [0.15, 0.2) is 0 Å². The van der Waals surface area contributed by atoms with Crippen molar-refractivity contribution in [3.63, 3.8) is 0 Å². The first-order valence-corrected chi connectivity index (χ1v) is 10.4. The van der Waals surface area contributed by atoms with E-state index in [4.69, 9.17) is 0 Å². The van der Waals surface area contributed by atoms with Crippen molar-refractivity contribution in [2.24, 2.45) is 0 Å². The molecule has 0 spiro atoms. The first-order chi connectivity index (χ1) is 13.6. The molecule has 0 bridgehead atoms. The van der Waals surface area contributed by atoms with Crippen molar-refractivity contribution in [2.45, 2.75) is 0 Å². The molecule has 4 heteroatoms. The molecular formula is C24H10Br2O2. The van der Waals surface area contributed by atoms with Crippen LogP contribution in [-0.2, 0) is 0 Å². The summed E-state index contributed by atoms with van der Waals surface area (Å²) < 4.78 is 0.916. The van der Waals surface area contributed by atoms with Gasteiger partial charge >= 0.3 is 0 Å². The van der Waals surface area contributed by atoms with Crippen LogP contribution in [0.15, 0.2) is 79.2 Å². The van der Waals surface area contributed by atoms with Gasteiger partial charge in [-0.05, 0) is 75.6 Å². The van der Waals surface area contributed by atoms with Crippen LogP contribution in [-0.4, -0.2) is 0 Å². The Bertz CT molecular complexity index is 1720. The van der Waals surface area contributed by atoms with Crippen LogP contribution in [0.25, 0.3) is 53.9 Å². The van der Waals surface area contributed by atoms with Crippen molar-refractivity contribution >= 4 is 85.7 Å². The first-order valence-electron chi connectivity index (χ1n) is 8.85. The second kappa shape index (κ2) is 5.49. The number of rotatable bonds is 0. The van der Waals surface area contributed by atoms with Gasteiger partial charge in [0.25, 0.3) is 0 Å². The van der Waals surface area contributed by atoms with E-state index < -0.39 is 10.9 Å². The summed E-state index contributed by atoms with van der Waals surface area (Å²) in [7, 11) is 0. The third kappa shape index (κ3) is 1.87. The van der Waals surface area contributed by atoms with Gasteiger partial charge in [-0.2, -0.15) is 0 Å². The molecule has 132 valence electrons. The van der Waals surface area contributed by atoms with E-state index in [1.807, 2.05) is 36.4 Å². The van der Waals surface area contributed by atoms with Gasteiger partial charge in [0, 0.05) is 20.6 Å². The Hall–Kier alpha value is -2.56. The summed E-state index contributed by atoms with van der Waals surface area (Å²) in [5.41, 5.74) is -0.979. The zero-order valence-corrected chi connectivity index (χ0v) is 17.5. The molecule has 0 aliphatic carbocycles. The summed E-state index contributed by atoms with van der Waals surface area (Å²) in [4.78, 5) is 25.9. The van der Waals surface area contributed by atoms with Gasteiger partial charge in [-0.1, -0.05) is 54.6 Å². The predicted octanol–water partition coefficient (Wildman–Crippen LogP) is 6.57. The van der Waals surface area contributed by atoms with Crippen LogP contribution < -0.4 is 10.9 Å². The fourth-order valence-electron chi connectivity index (χ4n) is 4.54. The van der Waals surface area contributed by atoms with Gasteiger partial charge in [-0.25, -0.2) is 0 Å². The highest BCUT2D eigenvalue weighted by Crippen LogP contribution is 2.45. The molecule has 0 aromatic heterocycles. The molecule has 0 aliphatic heterocycles. The van der Waals surface area contributed by atoms with Gasteiger partial charge in [0.05, 0.1) is 4.47 Å². The Kier molecular flexibility index (Phi) is 3.22. The molecule has 2 nitrogen and oxygen atoms in total. The molecule has 6 rings (SSSR count). The predicted molar refractivity (Wildman–Crippen MR) is 124 cm³/mol. The van der Waals surface area contributed by atoms with Crippen LogP contribution in [0, 0.1) is 0 Å². The van der Waals surface area contributed by atoms with E-state index in [-0.39, 0.29) is 4.47 Å². The highest BCUT2D eigenvalue weighted by Gasteiger charge is 2.22. The zero-order chi connectivity index (χ0) is 19.2. The van der Waals surface area contributed by atoms with E-state index in [0.29, 0.717) is 9.86 Å². The van der Waals surface area contributed by atoms with E-state index in [9.17, 15) is 9.59 Å². The molecular weight excluding hydrogens is 480 g/mol. The highest BCUT2D eigenvalue weighted by molar-refractivity contribution is 9.13. The lowest BCUT2D eigenvalue weighted by atomic mass is 9.86. The van der Waals surface area contributed by atoms with Crippen molar-refractivity contribution in [2.75, 3.05) is 0 Å². The SMILES string of the molecule is O=c1c(Br)c(Br)c2c3cccc4ccc5cc6ccccc6c(c2c1=O)c5c43. The minimum absolute atomic E-state index is 0.282. The summed E-state index contributed by atoms with van der Waals surface area (Å²) >= 11 is 6.92. The van der Waals surface area contributed by atoms with Crippen molar-refractivity contribution in [1.82, 2.24) is 0 Å². The normalized spacial score (nSPS) is 12.2. The molecule has 6 aromatic rings. The largest absolute Gasteiger partial charge is 0.285 e. The second-order valence-corrected chi connectivity index (χ2v) is 8.66. The average molecular weight is 490 g/mol. The minimum Gasteiger partial charge on any atom is -0.285 e. The molecule has 0 saturated heterocycles. The summed E-state index contributed by atoms with van der Waals surface area (Å²) in [6, 6.07) is 20.5. The molecule has 6 aromatic carbocycles. The number of hydrogen-bond acceptors (Lipinski definition) is 2. The van der Waals surface area contributed by atoms with Crippen LogP contribution >= 0.6 is 31.9 Å². The van der Waals surface area contributed by atoms with Gasteiger partial charge in [0.1, 0.15) is 0 Å². The lowest BCUT2D eigenvalue weighted by Crippen LogP contribution is -2.25. The van der Waals surface area contributed by atoms with Crippen LogP contribution in [0.5, 0.6) is 0 Å². The molecule has 0 fully saturated rings. The molecule has 0 radical (unpaired) electrons. The molecule has 0 aliphatic rings. The van der Waals surface area contributed by atoms with Crippen molar-refractivity contribution in [1.29, 1.82) is 0 Å². The molecule has 0 atom stereocenters. The number of benzene rings is 6. The van der Waals surface area contributed by atoms with Crippen LogP contribution in [0.4, 0.5) is 0 Å². The van der Waals surface area contributed by atoms with Gasteiger partial charge in [-0.15, -0.1) is 0 Å². The standard InChI is InChI=1S/C24H10Br2O2/c25-21-19-15-7-3-5-11-8-9-13-10-12-4-1-2-6-14(12)18(17(13)16(11)15)20(19)23(27)24(28)22(21)26/h1-10H. The molecule has 0 unspecified atom stereocenters. The Morgan fingerprint density at radius 3 is 2.07 bits per heavy atom. The topological polar surface area (TPSA) is 34.1 Å². The third-order valence-electron chi connectivity index (χ3n) is 5.68. The Balaban J connectivity index is 2.20. The number of hydrogen-bond donors (Lipinski definition) is 0. The van der Waals surface area contributed by atoms with Crippen LogP contribution in [0.2, 0.25) is 0 Å². The summed E-state index contributed by atoms with van der Waals surface area (Å²) in [6.45, 7) is 0. The van der Waals surface area contributed by atoms with E-state index in [2.05, 4.69) is 56.1 Å². The molecule has 0 saturated carbocycles.